The van der Waals surface area contributed by atoms with Gasteiger partial charge in [-0.15, -0.1) is 0 Å². The van der Waals surface area contributed by atoms with Gasteiger partial charge in [-0.3, -0.25) is 9.59 Å². The molecule has 0 aromatic heterocycles. The SMILES string of the molecule is CC(=O)N1CCC(OC(N)=O)CC1c1ccc(C(=O)N2CC3(C)CC2CC(C)(C)C3)cc1. The molecule has 4 rings (SSSR count). The molecule has 32 heavy (non-hydrogen) atoms. The normalized spacial score (nSPS) is 31.3. The number of ether oxygens (including phenoxy) is 1. The molecule has 1 aromatic rings. The molecule has 2 N–H and O–H groups in total. The number of fused-ring (bicyclic) bond motifs is 2. The summed E-state index contributed by atoms with van der Waals surface area (Å²) in [5, 5.41) is 0. The highest BCUT2D eigenvalue weighted by molar-refractivity contribution is 5.94. The van der Waals surface area contributed by atoms with Crippen LogP contribution >= 0.6 is 0 Å². The van der Waals surface area contributed by atoms with Crippen molar-refractivity contribution in [2.24, 2.45) is 16.6 Å². The van der Waals surface area contributed by atoms with Gasteiger partial charge in [0, 0.05) is 44.5 Å². The van der Waals surface area contributed by atoms with Crippen molar-refractivity contribution in [3.8, 4) is 0 Å². The van der Waals surface area contributed by atoms with Gasteiger partial charge in [-0.1, -0.05) is 32.9 Å². The van der Waals surface area contributed by atoms with Gasteiger partial charge >= 0.3 is 6.09 Å². The smallest absolute Gasteiger partial charge is 0.404 e. The molecule has 1 aliphatic carbocycles. The highest BCUT2D eigenvalue weighted by atomic mass is 16.6. The Morgan fingerprint density at radius 2 is 1.75 bits per heavy atom. The summed E-state index contributed by atoms with van der Waals surface area (Å²) < 4.78 is 5.21. The van der Waals surface area contributed by atoms with Gasteiger partial charge in [-0.05, 0) is 47.8 Å². The number of piperidine rings is 1. The lowest BCUT2D eigenvalue weighted by atomic mass is 9.65. The van der Waals surface area contributed by atoms with E-state index in [9.17, 15) is 14.4 Å². The fourth-order valence-corrected chi connectivity index (χ4v) is 6.61. The molecule has 2 saturated heterocycles. The number of rotatable bonds is 3. The molecule has 174 valence electrons. The minimum Gasteiger partial charge on any atom is -0.446 e. The first-order valence-corrected chi connectivity index (χ1v) is 11.6. The summed E-state index contributed by atoms with van der Waals surface area (Å²) in [5.74, 6) is 0.0675. The Balaban J connectivity index is 1.51. The van der Waals surface area contributed by atoms with E-state index >= 15 is 0 Å². The Labute approximate surface area is 190 Å². The lowest BCUT2D eigenvalue weighted by molar-refractivity contribution is -0.134. The average Bonchev–Trinajstić information content (AvgIpc) is 2.95. The third-order valence-corrected chi connectivity index (χ3v) is 7.46. The lowest BCUT2D eigenvalue weighted by Gasteiger charge is -2.39. The molecule has 4 unspecified atom stereocenters. The van der Waals surface area contributed by atoms with Gasteiger partial charge in [0.2, 0.25) is 5.91 Å². The molecule has 3 fully saturated rings. The first kappa shape index (κ1) is 22.6. The minimum atomic E-state index is -0.793. The van der Waals surface area contributed by atoms with Gasteiger partial charge in [0.25, 0.3) is 5.91 Å². The predicted octanol–water partition coefficient (Wildman–Crippen LogP) is 3.87. The fourth-order valence-electron chi connectivity index (χ4n) is 6.61. The zero-order valence-corrected chi connectivity index (χ0v) is 19.6. The van der Waals surface area contributed by atoms with Gasteiger partial charge in [-0.25, -0.2) is 4.79 Å². The molecular weight excluding hydrogens is 406 g/mol. The zero-order chi connectivity index (χ0) is 23.3. The molecule has 1 aromatic carbocycles. The summed E-state index contributed by atoms with van der Waals surface area (Å²) in [6.45, 7) is 9.78. The molecule has 0 spiro atoms. The lowest BCUT2D eigenvalue weighted by Crippen LogP contribution is -2.43. The maximum Gasteiger partial charge on any atom is 0.404 e. The van der Waals surface area contributed by atoms with E-state index in [1.807, 2.05) is 24.3 Å². The number of amides is 3. The molecule has 2 bridgehead atoms. The second-order valence-electron chi connectivity index (χ2n) is 11.1. The van der Waals surface area contributed by atoms with Crippen molar-refractivity contribution in [1.29, 1.82) is 0 Å². The summed E-state index contributed by atoms with van der Waals surface area (Å²) in [4.78, 5) is 40.6. The van der Waals surface area contributed by atoms with Crippen LogP contribution in [0.15, 0.2) is 24.3 Å². The average molecular weight is 442 g/mol. The zero-order valence-electron chi connectivity index (χ0n) is 19.6. The number of hydrogen-bond acceptors (Lipinski definition) is 4. The number of carbonyl (C=O) groups is 3. The Kier molecular flexibility index (Phi) is 5.72. The highest BCUT2D eigenvalue weighted by Gasteiger charge is 2.51. The number of hydrogen-bond donors (Lipinski definition) is 1. The molecule has 3 aliphatic rings. The van der Waals surface area contributed by atoms with Crippen molar-refractivity contribution in [2.45, 2.75) is 78.0 Å². The van der Waals surface area contributed by atoms with Gasteiger partial charge in [0.15, 0.2) is 0 Å². The predicted molar refractivity (Wildman–Crippen MR) is 121 cm³/mol. The summed E-state index contributed by atoms with van der Waals surface area (Å²) in [7, 11) is 0. The third kappa shape index (κ3) is 4.48. The summed E-state index contributed by atoms with van der Waals surface area (Å²) in [6.07, 6.45) is 3.23. The van der Waals surface area contributed by atoms with Crippen molar-refractivity contribution in [3.05, 3.63) is 35.4 Å². The second kappa shape index (κ2) is 8.09. The van der Waals surface area contributed by atoms with Crippen molar-refractivity contribution < 1.29 is 19.1 Å². The standard InChI is InChI=1S/C25H35N3O4/c1-16(29)27-10-9-20(32-23(26)31)11-21(27)17-5-7-18(8-6-17)22(30)28-15-25(4)13-19(28)12-24(2,3)14-25/h5-8,19-21H,9-15H2,1-4H3,(H2,26,31). The van der Waals surface area contributed by atoms with Crippen molar-refractivity contribution >= 4 is 17.9 Å². The quantitative estimate of drug-likeness (QED) is 0.770. The Morgan fingerprint density at radius 3 is 2.38 bits per heavy atom. The Bertz CT molecular complexity index is 912. The van der Waals surface area contributed by atoms with E-state index in [1.54, 1.807) is 11.8 Å². The monoisotopic (exact) mass is 441 g/mol. The van der Waals surface area contributed by atoms with Crippen LogP contribution in [0.2, 0.25) is 0 Å². The van der Waals surface area contributed by atoms with Crippen LogP contribution in [0.3, 0.4) is 0 Å². The largest absolute Gasteiger partial charge is 0.446 e. The fraction of sp³-hybridized carbons (Fsp3) is 0.640. The highest BCUT2D eigenvalue weighted by Crippen LogP contribution is 2.52. The molecule has 2 heterocycles. The Morgan fingerprint density at radius 1 is 1.06 bits per heavy atom. The van der Waals surface area contributed by atoms with E-state index in [-0.39, 0.29) is 34.8 Å². The van der Waals surface area contributed by atoms with E-state index in [0.29, 0.717) is 31.0 Å². The molecule has 0 radical (unpaired) electrons. The molecule has 1 saturated carbocycles. The van der Waals surface area contributed by atoms with E-state index in [0.717, 1.165) is 31.4 Å². The topological polar surface area (TPSA) is 92.9 Å². The maximum absolute atomic E-state index is 13.4. The second-order valence-corrected chi connectivity index (χ2v) is 11.1. The number of nitrogens with two attached hydrogens (primary N) is 1. The molecule has 2 aliphatic heterocycles. The van der Waals surface area contributed by atoms with E-state index in [1.165, 1.54) is 0 Å². The van der Waals surface area contributed by atoms with Crippen molar-refractivity contribution in [1.82, 2.24) is 9.80 Å². The number of carbonyl (C=O) groups excluding carboxylic acids is 3. The van der Waals surface area contributed by atoms with Gasteiger partial charge in [-0.2, -0.15) is 0 Å². The first-order valence-electron chi connectivity index (χ1n) is 11.6. The number of primary amides is 1. The van der Waals surface area contributed by atoms with Crippen LogP contribution in [-0.2, 0) is 9.53 Å². The third-order valence-electron chi connectivity index (χ3n) is 7.46. The van der Waals surface area contributed by atoms with E-state index < -0.39 is 6.09 Å². The van der Waals surface area contributed by atoms with Crippen LogP contribution in [0.25, 0.3) is 0 Å². The van der Waals surface area contributed by atoms with Crippen LogP contribution < -0.4 is 5.73 Å². The molecule has 7 nitrogen and oxygen atoms in total. The van der Waals surface area contributed by atoms with Gasteiger partial charge < -0.3 is 20.3 Å². The Hall–Kier alpha value is -2.57. The van der Waals surface area contributed by atoms with E-state index in [4.69, 9.17) is 10.5 Å². The van der Waals surface area contributed by atoms with Crippen LogP contribution in [0.1, 0.15) is 81.8 Å². The van der Waals surface area contributed by atoms with Crippen LogP contribution in [0, 0.1) is 10.8 Å². The van der Waals surface area contributed by atoms with Crippen LogP contribution in [0.4, 0.5) is 4.79 Å². The van der Waals surface area contributed by atoms with Crippen molar-refractivity contribution in [2.75, 3.05) is 13.1 Å². The summed E-state index contributed by atoms with van der Waals surface area (Å²) in [6, 6.07) is 7.67. The molecule has 3 amide bonds. The van der Waals surface area contributed by atoms with Crippen LogP contribution in [-0.4, -0.2) is 52.9 Å². The summed E-state index contributed by atoms with van der Waals surface area (Å²) in [5.41, 5.74) is 7.26. The van der Waals surface area contributed by atoms with Gasteiger partial charge in [0.1, 0.15) is 6.10 Å². The number of nitrogens with zero attached hydrogens (tertiary/aromatic N) is 2. The van der Waals surface area contributed by atoms with Crippen LogP contribution in [0.5, 0.6) is 0 Å². The minimum absolute atomic E-state index is 0.0205. The maximum atomic E-state index is 13.4. The molecule has 4 atom stereocenters. The van der Waals surface area contributed by atoms with E-state index in [2.05, 4.69) is 25.7 Å². The summed E-state index contributed by atoms with van der Waals surface area (Å²) >= 11 is 0. The molecule has 7 heteroatoms. The number of benzene rings is 1. The number of likely N-dealkylation sites (tertiary alicyclic amines) is 2. The van der Waals surface area contributed by atoms with Gasteiger partial charge in [0.05, 0.1) is 6.04 Å². The molecular formula is C25H35N3O4. The van der Waals surface area contributed by atoms with Crippen molar-refractivity contribution in [3.63, 3.8) is 0 Å². The first-order chi connectivity index (χ1) is 15.0.